The van der Waals surface area contributed by atoms with Crippen LogP contribution in [0.1, 0.15) is 36.4 Å². The second kappa shape index (κ2) is 4.69. The molecule has 1 aromatic rings. The van der Waals surface area contributed by atoms with Crippen LogP contribution in [0.4, 0.5) is 13.2 Å². The van der Waals surface area contributed by atoms with Crippen molar-refractivity contribution in [3.8, 4) is 0 Å². The summed E-state index contributed by atoms with van der Waals surface area (Å²) in [5, 5.41) is 2.71. The van der Waals surface area contributed by atoms with Gasteiger partial charge in [0.15, 0.2) is 0 Å². The molecular weight excluding hydrogens is 227 g/mol. The standard InChI is InChI=1S/C13H16F3N/c1-9-4-2-5-10(8-9)11-6-3-7-12(17-11)13(14,15)16/h2,4-5,8,11-12,17H,3,6-7H2,1H3. The first-order valence-corrected chi connectivity index (χ1v) is 5.86. The van der Waals surface area contributed by atoms with E-state index in [1.807, 2.05) is 31.2 Å². The second-order valence-corrected chi connectivity index (χ2v) is 4.66. The molecule has 1 saturated heterocycles. The molecule has 2 unspecified atom stereocenters. The molecule has 0 bridgehead atoms. The van der Waals surface area contributed by atoms with Gasteiger partial charge in [0, 0.05) is 6.04 Å². The third kappa shape index (κ3) is 3.00. The van der Waals surface area contributed by atoms with Crippen LogP contribution < -0.4 is 5.32 Å². The lowest BCUT2D eigenvalue weighted by molar-refractivity contribution is -0.163. The highest BCUT2D eigenvalue weighted by atomic mass is 19.4. The molecule has 17 heavy (non-hydrogen) atoms. The molecule has 0 aliphatic carbocycles. The lowest BCUT2D eigenvalue weighted by Crippen LogP contribution is -2.46. The van der Waals surface area contributed by atoms with Crippen LogP contribution in [0.25, 0.3) is 0 Å². The Kier molecular flexibility index (Phi) is 3.43. The van der Waals surface area contributed by atoms with Gasteiger partial charge in [0.1, 0.15) is 6.04 Å². The van der Waals surface area contributed by atoms with Crippen molar-refractivity contribution in [2.45, 2.75) is 44.4 Å². The summed E-state index contributed by atoms with van der Waals surface area (Å²) in [6.45, 7) is 1.95. The van der Waals surface area contributed by atoms with Gasteiger partial charge in [0.25, 0.3) is 0 Å². The largest absolute Gasteiger partial charge is 0.403 e. The molecule has 1 aliphatic rings. The monoisotopic (exact) mass is 243 g/mol. The SMILES string of the molecule is Cc1cccc(C2CCCC(C(F)(F)F)N2)c1. The molecule has 94 valence electrons. The molecule has 0 radical (unpaired) electrons. The number of rotatable bonds is 1. The Balaban J connectivity index is 2.12. The van der Waals surface area contributed by atoms with Crippen molar-refractivity contribution >= 4 is 0 Å². The number of alkyl halides is 3. The Morgan fingerprint density at radius 1 is 1.24 bits per heavy atom. The molecule has 2 atom stereocenters. The maximum absolute atomic E-state index is 12.6. The highest BCUT2D eigenvalue weighted by molar-refractivity contribution is 5.25. The molecule has 4 heteroatoms. The molecule has 1 N–H and O–H groups in total. The van der Waals surface area contributed by atoms with Gasteiger partial charge < -0.3 is 0 Å². The number of nitrogens with one attached hydrogen (secondary N) is 1. The minimum absolute atomic E-state index is 0.171. The third-order valence-electron chi connectivity index (χ3n) is 3.23. The Morgan fingerprint density at radius 2 is 2.00 bits per heavy atom. The van der Waals surface area contributed by atoms with Crippen LogP contribution in [-0.2, 0) is 0 Å². The number of piperidine rings is 1. The van der Waals surface area contributed by atoms with E-state index in [0.717, 1.165) is 17.5 Å². The van der Waals surface area contributed by atoms with Gasteiger partial charge in [-0.25, -0.2) is 0 Å². The van der Waals surface area contributed by atoms with E-state index in [0.29, 0.717) is 6.42 Å². The summed E-state index contributed by atoms with van der Waals surface area (Å²) >= 11 is 0. The van der Waals surface area contributed by atoms with Crippen LogP contribution in [0.2, 0.25) is 0 Å². The van der Waals surface area contributed by atoms with E-state index in [4.69, 9.17) is 0 Å². The van der Waals surface area contributed by atoms with Crippen molar-refractivity contribution in [1.29, 1.82) is 0 Å². The summed E-state index contributed by atoms with van der Waals surface area (Å²) in [5.74, 6) is 0. The molecule has 1 nitrogen and oxygen atoms in total. The predicted octanol–water partition coefficient (Wildman–Crippen LogP) is 3.74. The van der Waals surface area contributed by atoms with Gasteiger partial charge in [-0.2, -0.15) is 13.2 Å². The van der Waals surface area contributed by atoms with Gasteiger partial charge in [0.05, 0.1) is 0 Å². The zero-order chi connectivity index (χ0) is 12.5. The Bertz CT molecular complexity index is 386. The van der Waals surface area contributed by atoms with Crippen molar-refractivity contribution in [2.75, 3.05) is 0 Å². The Morgan fingerprint density at radius 3 is 2.65 bits per heavy atom. The number of benzene rings is 1. The first kappa shape index (κ1) is 12.4. The fraction of sp³-hybridized carbons (Fsp3) is 0.538. The summed E-state index contributed by atoms with van der Waals surface area (Å²) < 4.78 is 37.9. The fourth-order valence-corrected chi connectivity index (χ4v) is 2.34. The zero-order valence-electron chi connectivity index (χ0n) is 9.72. The molecule has 1 heterocycles. The predicted molar refractivity (Wildman–Crippen MR) is 60.7 cm³/mol. The Hall–Kier alpha value is -1.03. The van der Waals surface area contributed by atoms with Crippen LogP contribution in [-0.4, -0.2) is 12.2 Å². The first-order valence-electron chi connectivity index (χ1n) is 5.86. The molecule has 1 fully saturated rings. The van der Waals surface area contributed by atoms with Gasteiger partial charge in [-0.15, -0.1) is 0 Å². The van der Waals surface area contributed by atoms with Crippen LogP contribution in [0.15, 0.2) is 24.3 Å². The molecule has 0 amide bonds. The third-order valence-corrected chi connectivity index (χ3v) is 3.23. The first-order chi connectivity index (χ1) is 7.97. The number of hydrogen-bond donors (Lipinski definition) is 1. The highest BCUT2D eigenvalue weighted by Gasteiger charge is 2.42. The smallest absolute Gasteiger partial charge is 0.299 e. The summed E-state index contributed by atoms with van der Waals surface area (Å²) in [4.78, 5) is 0. The number of aryl methyl sites for hydroxylation is 1. The topological polar surface area (TPSA) is 12.0 Å². The van der Waals surface area contributed by atoms with Crippen molar-refractivity contribution in [2.24, 2.45) is 0 Å². The van der Waals surface area contributed by atoms with Crippen molar-refractivity contribution in [1.82, 2.24) is 5.32 Å². The molecule has 0 aromatic heterocycles. The maximum atomic E-state index is 12.6. The van der Waals surface area contributed by atoms with Crippen molar-refractivity contribution in [3.05, 3.63) is 35.4 Å². The Labute approximate surface area is 99.0 Å². The van der Waals surface area contributed by atoms with Gasteiger partial charge >= 0.3 is 6.18 Å². The van der Waals surface area contributed by atoms with Crippen LogP contribution >= 0.6 is 0 Å². The lowest BCUT2D eigenvalue weighted by Gasteiger charge is -2.32. The lowest BCUT2D eigenvalue weighted by atomic mass is 9.92. The van der Waals surface area contributed by atoms with Crippen LogP contribution in [0.3, 0.4) is 0 Å². The fourth-order valence-electron chi connectivity index (χ4n) is 2.34. The van der Waals surface area contributed by atoms with Gasteiger partial charge in [-0.05, 0) is 31.7 Å². The molecule has 0 saturated carbocycles. The van der Waals surface area contributed by atoms with Gasteiger partial charge in [-0.3, -0.25) is 5.32 Å². The van der Waals surface area contributed by atoms with Gasteiger partial charge in [0.2, 0.25) is 0 Å². The van der Waals surface area contributed by atoms with Crippen molar-refractivity contribution < 1.29 is 13.2 Å². The average Bonchev–Trinajstić information content (AvgIpc) is 2.28. The summed E-state index contributed by atoms with van der Waals surface area (Å²) in [5.41, 5.74) is 2.04. The van der Waals surface area contributed by atoms with E-state index in [1.54, 1.807) is 0 Å². The minimum atomic E-state index is -4.14. The molecule has 1 aliphatic heterocycles. The van der Waals surface area contributed by atoms with Gasteiger partial charge in [-0.1, -0.05) is 29.8 Å². The van der Waals surface area contributed by atoms with E-state index in [-0.39, 0.29) is 12.5 Å². The second-order valence-electron chi connectivity index (χ2n) is 4.66. The average molecular weight is 243 g/mol. The van der Waals surface area contributed by atoms with E-state index in [9.17, 15) is 13.2 Å². The number of halogens is 3. The number of hydrogen-bond acceptors (Lipinski definition) is 1. The zero-order valence-corrected chi connectivity index (χ0v) is 9.72. The molecule has 1 aromatic carbocycles. The van der Waals surface area contributed by atoms with Crippen molar-refractivity contribution in [3.63, 3.8) is 0 Å². The molecular formula is C13H16F3N. The minimum Gasteiger partial charge on any atom is -0.299 e. The van der Waals surface area contributed by atoms with E-state index in [2.05, 4.69) is 5.32 Å². The molecule has 2 rings (SSSR count). The van der Waals surface area contributed by atoms with Crippen LogP contribution in [0.5, 0.6) is 0 Å². The summed E-state index contributed by atoms with van der Waals surface area (Å²) in [7, 11) is 0. The summed E-state index contributed by atoms with van der Waals surface area (Å²) in [6.07, 6.45) is -2.56. The normalized spacial score (nSPS) is 25.9. The maximum Gasteiger partial charge on any atom is 0.403 e. The van der Waals surface area contributed by atoms with E-state index >= 15 is 0 Å². The molecule has 0 spiro atoms. The van der Waals surface area contributed by atoms with E-state index < -0.39 is 12.2 Å². The quantitative estimate of drug-likeness (QED) is 0.792. The highest BCUT2D eigenvalue weighted by Crippen LogP contribution is 2.33. The van der Waals surface area contributed by atoms with E-state index in [1.165, 1.54) is 0 Å². The van der Waals surface area contributed by atoms with Crippen LogP contribution in [0, 0.1) is 6.92 Å². The summed E-state index contributed by atoms with van der Waals surface area (Å²) in [6, 6.07) is 6.16.